The smallest absolute Gasteiger partial charge is 0.131 e. The Balaban J connectivity index is 1.26. The van der Waals surface area contributed by atoms with Crippen LogP contribution in [0.25, 0.3) is 33.4 Å². The van der Waals surface area contributed by atoms with Crippen molar-refractivity contribution in [3.8, 4) is 44.9 Å². The highest BCUT2D eigenvalue weighted by molar-refractivity contribution is 5.88. The predicted octanol–water partition coefficient (Wildman–Crippen LogP) is 10.7. The molecule has 1 spiro atoms. The number of fused-ring (bicyclic) bond motifs is 7. The highest BCUT2D eigenvalue weighted by Gasteiger charge is 2.43. The van der Waals surface area contributed by atoms with Crippen LogP contribution >= 0.6 is 0 Å². The minimum Gasteiger partial charge on any atom is -0.457 e. The SMILES string of the molecule is CC1(C)c2ccccc2Oc2ccc(-c3ccccc3-c3ccc4c(c3)C3(CCCCC3)c3ccccc3-4)cc21. The standard InChI is InChI=1S/C39H34O/c1-38(2)33-16-8-9-17-36(33)40-37-21-19-27(25-35(37)38)29-13-5-4-12-28(29)26-18-20-31-30-14-6-7-15-32(30)39(34(31)24-26)22-10-3-11-23-39/h4-9,12-21,24-25H,3,10-11,22-23H2,1-2H3. The minimum absolute atomic E-state index is 0.137. The third-order valence-corrected chi connectivity index (χ3v) is 9.96. The van der Waals surface area contributed by atoms with Crippen molar-refractivity contribution in [3.05, 3.63) is 131 Å². The Morgan fingerprint density at radius 3 is 1.77 bits per heavy atom. The molecule has 1 heterocycles. The van der Waals surface area contributed by atoms with Gasteiger partial charge < -0.3 is 4.74 Å². The van der Waals surface area contributed by atoms with E-state index in [1.807, 2.05) is 0 Å². The number of hydrogen-bond donors (Lipinski definition) is 0. The van der Waals surface area contributed by atoms with Gasteiger partial charge in [0, 0.05) is 22.0 Å². The first kappa shape index (κ1) is 23.8. The third-order valence-electron chi connectivity index (χ3n) is 9.96. The Bertz CT molecular complexity index is 1780. The van der Waals surface area contributed by atoms with Gasteiger partial charge in [-0.1, -0.05) is 118 Å². The molecule has 1 aliphatic heterocycles. The fourth-order valence-corrected chi connectivity index (χ4v) is 7.91. The van der Waals surface area contributed by atoms with Crippen molar-refractivity contribution in [3.63, 3.8) is 0 Å². The van der Waals surface area contributed by atoms with E-state index in [9.17, 15) is 0 Å². The van der Waals surface area contributed by atoms with Crippen LogP contribution in [0.15, 0.2) is 109 Å². The van der Waals surface area contributed by atoms with E-state index in [1.165, 1.54) is 82.2 Å². The molecule has 0 radical (unpaired) electrons. The number of ether oxygens (including phenoxy) is 1. The fourth-order valence-electron chi connectivity index (χ4n) is 7.91. The summed E-state index contributed by atoms with van der Waals surface area (Å²) in [6.07, 6.45) is 6.48. The van der Waals surface area contributed by atoms with Crippen LogP contribution in [0.4, 0.5) is 0 Å². The Hall–Kier alpha value is -4.10. The van der Waals surface area contributed by atoms with E-state index >= 15 is 0 Å². The van der Waals surface area contributed by atoms with Crippen LogP contribution in [-0.4, -0.2) is 0 Å². The van der Waals surface area contributed by atoms with Gasteiger partial charge in [-0.15, -0.1) is 0 Å². The summed E-state index contributed by atoms with van der Waals surface area (Å²) in [7, 11) is 0. The van der Waals surface area contributed by atoms with Crippen LogP contribution in [-0.2, 0) is 10.8 Å². The Morgan fingerprint density at radius 1 is 0.475 bits per heavy atom. The van der Waals surface area contributed by atoms with Gasteiger partial charge in [0.2, 0.25) is 0 Å². The number of hydrogen-bond acceptors (Lipinski definition) is 1. The summed E-state index contributed by atoms with van der Waals surface area (Å²) in [5, 5.41) is 0. The van der Waals surface area contributed by atoms with Gasteiger partial charge >= 0.3 is 0 Å². The molecule has 3 aliphatic rings. The average molecular weight is 519 g/mol. The summed E-state index contributed by atoms with van der Waals surface area (Å²) in [4.78, 5) is 0. The highest BCUT2D eigenvalue weighted by Crippen LogP contribution is 2.56. The average Bonchev–Trinajstić information content (AvgIpc) is 3.26. The zero-order valence-electron chi connectivity index (χ0n) is 23.3. The second-order valence-electron chi connectivity index (χ2n) is 12.4. The van der Waals surface area contributed by atoms with E-state index in [1.54, 1.807) is 5.56 Å². The van der Waals surface area contributed by atoms with Gasteiger partial charge in [-0.25, -0.2) is 0 Å². The molecule has 0 saturated heterocycles. The van der Waals surface area contributed by atoms with Crippen molar-refractivity contribution in [2.75, 3.05) is 0 Å². The van der Waals surface area contributed by atoms with Crippen molar-refractivity contribution in [1.82, 2.24) is 0 Å². The molecule has 1 fully saturated rings. The van der Waals surface area contributed by atoms with Crippen LogP contribution in [0.1, 0.15) is 68.2 Å². The Kier molecular flexibility index (Phi) is 5.17. The second kappa shape index (κ2) is 8.70. The van der Waals surface area contributed by atoms with Gasteiger partial charge in [-0.3, -0.25) is 0 Å². The van der Waals surface area contributed by atoms with Crippen molar-refractivity contribution in [2.45, 2.75) is 56.8 Å². The lowest BCUT2D eigenvalue weighted by Crippen LogP contribution is -2.28. The van der Waals surface area contributed by atoms with E-state index in [-0.39, 0.29) is 10.8 Å². The van der Waals surface area contributed by atoms with Gasteiger partial charge in [0.15, 0.2) is 0 Å². The van der Waals surface area contributed by atoms with Gasteiger partial charge in [-0.05, 0) is 81.6 Å². The van der Waals surface area contributed by atoms with Crippen molar-refractivity contribution >= 4 is 0 Å². The van der Waals surface area contributed by atoms with Gasteiger partial charge in [-0.2, -0.15) is 0 Å². The van der Waals surface area contributed by atoms with E-state index in [0.717, 1.165) is 11.5 Å². The largest absolute Gasteiger partial charge is 0.457 e. The monoisotopic (exact) mass is 518 g/mol. The quantitative estimate of drug-likeness (QED) is 0.226. The predicted molar refractivity (Wildman–Crippen MR) is 165 cm³/mol. The van der Waals surface area contributed by atoms with Gasteiger partial charge in [0.05, 0.1) is 0 Å². The summed E-state index contributed by atoms with van der Waals surface area (Å²) >= 11 is 0. The molecular weight excluding hydrogens is 484 g/mol. The molecule has 0 amide bonds. The van der Waals surface area contributed by atoms with Crippen molar-refractivity contribution in [2.24, 2.45) is 0 Å². The third kappa shape index (κ3) is 3.33. The molecule has 196 valence electrons. The van der Waals surface area contributed by atoms with E-state index < -0.39 is 0 Å². The molecule has 8 rings (SSSR count). The van der Waals surface area contributed by atoms with Crippen LogP contribution in [0.5, 0.6) is 11.5 Å². The summed E-state index contributed by atoms with van der Waals surface area (Å²) in [5.74, 6) is 1.92. The zero-order valence-corrected chi connectivity index (χ0v) is 23.3. The molecule has 1 saturated carbocycles. The maximum atomic E-state index is 6.36. The first-order valence-corrected chi connectivity index (χ1v) is 14.8. The normalized spacial score (nSPS) is 17.4. The molecule has 1 heteroatoms. The molecule has 5 aromatic rings. The first-order chi connectivity index (χ1) is 19.6. The molecule has 0 aromatic heterocycles. The van der Waals surface area contributed by atoms with E-state index in [2.05, 4.69) is 123 Å². The maximum Gasteiger partial charge on any atom is 0.131 e. The summed E-state index contributed by atoms with van der Waals surface area (Å²) in [6, 6.07) is 40.5. The molecule has 5 aromatic carbocycles. The minimum atomic E-state index is -0.137. The molecule has 40 heavy (non-hydrogen) atoms. The van der Waals surface area contributed by atoms with Crippen LogP contribution in [0, 0.1) is 0 Å². The van der Waals surface area contributed by atoms with E-state index in [0.29, 0.717) is 0 Å². The maximum absolute atomic E-state index is 6.36. The van der Waals surface area contributed by atoms with E-state index in [4.69, 9.17) is 4.74 Å². The fraction of sp³-hybridized carbons (Fsp3) is 0.231. The molecule has 2 aliphatic carbocycles. The Morgan fingerprint density at radius 2 is 1.02 bits per heavy atom. The van der Waals surface area contributed by atoms with Crippen LogP contribution in [0.3, 0.4) is 0 Å². The lowest BCUT2D eigenvalue weighted by molar-refractivity contribution is 0.353. The van der Waals surface area contributed by atoms with Gasteiger partial charge in [0.25, 0.3) is 0 Å². The molecular formula is C39H34O. The first-order valence-electron chi connectivity index (χ1n) is 14.8. The molecule has 1 nitrogen and oxygen atoms in total. The second-order valence-corrected chi connectivity index (χ2v) is 12.4. The lowest BCUT2D eigenvalue weighted by atomic mass is 9.67. The summed E-state index contributed by atoms with van der Waals surface area (Å²) in [5.41, 5.74) is 13.6. The topological polar surface area (TPSA) is 9.23 Å². The zero-order chi connectivity index (χ0) is 26.9. The highest BCUT2D eigenvalue weighted by atomic mass is 16.5. The number of rotatable bonds is 2. The number of para-hydroxylation sites is 1. The molecule has 0 unspecified atom stereocenters. The van der Waals surface area contributed by atoms with Gasteiger partial charge in [0.1, 0.15) is 11.5 Å². The summed E-state index contributed by atoms with van der Waals surface area (Å²) < 4.78 is 6.36. The Labute approximate surface area is 237 Å². The van der Waals surface area contributed by atoms with Crippen LogP contribution in [0.2, 0.25) is 0 Å². The van der Waals surface area contributed by atoms with Crippen molar-refractivity contribution < 1.29 is 4.74 Å². The molecule has 0 atom stereocenters. The lowest BCUT2D eigenvalue weighted by Gasteiger charge is -2.36. The van der Waals surface area contributed by atoms with Crippen LogP contribution < -0.4 is 4.74 Å². The number of benzene rings is 5. The molecule has 0 bridgehead atoms. The summed E-state index contributed by atoms with van der Waals surface area (Å²) in [6.45, 7) is 4.62. The van der Waals surface area contributed by atoms with Crippen molar-refractivity contribution in [1.29, 1.82) is 0 Å². The molecule has 0 N–H and O–H groups in total.